The van der Waals surface area contributed by atoms with E-state index in [0.29, 0.717) is 11.5 Å². The summed E-state index contributed by atoms with van der Waals surface area (Å²) >= 11 is 0. The van der Waals surface area contributed by atoms with Crippen LogP contribution in [0.25, 0.3) is 5.69 Å². The quantitative estimate of drug-likeness (QED) is 0.888. The van der Waals surface area contributed by atoms with Crippen molar-refractivity contribution in [3.05, 3.63) is 47.3 Å². The zero-order valence-electron chi connectivity index (χ0n) is 14.5. The molecule has 0 aliphatic carbocycles. The Morgan fingerprint density at radius 3 is 2.96 bits per heavy atom. The highest BCUT2D eigenvalue weighted by Crippen LogP contribution is 2.18. The molecule has 0 spiro atoms. The molecule has 0 saturated carbocycles. The average Bonchev–Trinajstić information content (AvgIpc) is 2.98. The molecule has 1 aromatic heterocycles. The maximum Gasteiger partial charge on any atom is 0.254 e. The van der Waals surface area contributed by atoms with E-state index < -0.39 is 0 Å². The fraction of sp³-hybridized carbons (Fsp3) is 0.474. The molecule has 1 atom stereocenters. The Morgan fingerprint density at radius 2 is 2.21 bits per heavy atom. The van der Waals surface area contributed by atoms with Crippen molar-refractivity contribution in [2.24, 2.45) is 5.92 Å². The zero-order chi connectivity index (χ0) is 16.9. The topological polar surface area (TPSA) is 59.0 Å². The standard InChI is InChI=1S/C19H26N4O/c1-14-6-3-4-8-18(14)23-15(2)17(13-22-23)19(24)21-11-9-16-7-5-10-20-12-16/h3-4,6,8,13,16,20H,5,7,9-12H2,1-2H3,(H,21,24). The van der Waals surface area contributed by atoms with Crippen LogP contribution < -0.4 is 10.6 Å². The van der Waals surface area contributed by atoms with Crippen LogP contribution >= 0.6 is 0 Å². The van der Waals surface area contributed by atoms with Crippen LogP contribution in [0.4, 0.5) is 0 Å². The molecule has 0 radical (unpaired) electrons. The van der Waals surface area contributed by atoms with Crippen LogP contribution in [0.5, 0.6) is 0 Å². The summed E-state index contributed by atoms with van der Waals surface area (Å²) in [4.78, 5) is 12.5. The number of nitrogens with one attached hydrogen (secondary N) is 2. The van der Waals surface area contributed by atoms with Gasteiger partial charge in [0.05, 0.1) is 23.1 Å². The molecule has 0 bridgehead atoms. The van der Waals surface area contributed by atoms with Crippen LogP contribution in [0, 0.1) is 19.8 Å². The van der Waals surface area contributed by atoms with E-state index in [1.54, 1.807) is 6.20 Å². The van der Waals surface area contributed by atoms with E-state index in [2.05, 4.69) is 28.7 Å². The van der Waals surface area contributed by atoms with Crippen molar-refractivity contribution in [2.45, 2.75) is 33.1 Å². The lowest BCUT2D eigenvalue weighted by Gasteiger charge is -2.22. The summed E-state index contributed by atoms with van der Waals surface area (Å²) in [5.41, 5.74) is 3.68. The molecule has 1 amide bonds. The number of aryl methyl sites for hydroxylation is 1. The third-order valence-electron chi connectivity index (χ3n) is 4.84. The van der Waals surface area contributed by atoms with Crippen molar-refractivity contribution in [3.8, 4) is 5.69 Å². The summed E-state index contributed by atoms with van der Waals surface area (Å²) in [6.45, 7) is 6.91. The fourth-order valence-corrected chi connectivity index (χ4v) is 3.33. The van der Waals surface area contributed by atoms with Gasteiger partial charge in [0.1, 0.15) is 0 Å². The van der Waals surface area contributed by atoms with E-state index in [1.807, 2.05) is 29.8 Å². The number of nitrogens with zero attached hydrogens (tertiary/aromatic N) is 2. The molecule has 24 heavy (non-hydrogen) atoms. The highest BCUT2D eigenvalue weighted by molar-refractivity contribution is 5.95. The highest BCUT2D eigenvalue weighted by Gasteiger charge is 2.17. The van der Waals surface area contributed by atoms with Crippen LogP contribution in [0.3, 0.4) is 0 Å². The van der Waals surface area contributed by atoms with Crippen molar-refractivity contribution < 1.29 is 4.79 Å². The summed E-state index contributed by atoms with van der Waals surface area (Å²) in [7, 11) is 0. The molecule has 1 fully saturated rings. The first-order valence-corrected chi connectivity index (χ1v) is 8.76. The van der Waals surface area contributed by atoms with Gasteiger partial charge in [-0.2, -0.15) is 5.10 Å². The summed E-state index contributed by atoms with van der Waals surface area (Å²) in [6.07, 6.45) is 5.19. The van der Waals surface area contributed by atoms with Crippen LogP contribution in [-0.4, -0.2) is 35.3 Å². The first kappa shape index (κ1) is 16.7. The molecule has 2 N–H and O–H groups in total. The van der Waals surface area contributed by atoms with Crippen molar-refractivity contribution in [1.82, 2.24) is 20.4 Å². The lowest BCUT2D eigenvalue weighted by molar-refractivity contribution is 0.0950. The first-order chi connectivity index (χ1) is 11.7. The van der Waals surface area contributed by atoms with E-state index >= 15 is 0 Å². The van der Waals surface area contributed by atoms with Gasteiger partial charge in [0.2, 0.25) is 0 Å². The number of piperidine rings is 1. The molecule has 2 aromatic rings. The molecule has 1 aromatic carbocycles. The molecule has 5 nitrogen and oxygen atoms in total. The number of hydrogen-bond acceptors (Lipinski definition) is 3. The molecular weight excluding hydrogens is 300 g/mol. The van der Waals surface area contributed by atoms with E-state index in [4.69, 9.17) is 0 Å². The SMILES string of the molecule is Cc1ccccc1-n1ncc(C(=O)NCCC2CCCNC2)c1C. The summed E-state index contributed by atoms with van der Waals surface area (Å²) in [5, 5.41) is 10.9. The Balaban J connectivity index is 1.62. The minimum Gasteiger partial charge on any atom is -0.352 e. The number of hydrogen-bond donors (Lipinski definition) is 2. The number of para-hydroxylation sites is 1. The number of rotatable bonds is 5. The van der Waals surface area contributed by atoms with Gasteiger partial charge in [-0.05, 0) is 63.7 Å². The predicted molar refractivity (Wildman–Crippen MR) is 95.6 cm³/mol. The predicted octanol–water partition coefficient (Wildman–Crippen LogP) is 2.61. The second kappa shape index (κ2) is 7.62. The van der Waals surface area contributed by atoms with E-state index in [0.717, 1.165) is 43.0 Å². The summed E-state index contributed by atoms with van der Waals surface area (Å²) in [5.74, 6) is 0.644. The number of aromatic nitrogens is 2. The fourth-order valence-electron chi connectivity index (χ4n) is 3.33. The monoisotopic (exact) mass is 326 g/mol. The van der Waals surface area contributed by atoms with Gasteiger partial charge in [0, 0.05) is 6.54 Å². The normalized spacial score (nSPS) is 17.7. The van der Waals surface area contributed by atoms with Gasteiger partial charge in [0.25, 0.3) is 5.91 Å². The van der Waals surface area contributed by atoms with E-state index in [9.17, 15) is 4.79 Å². The van der Waals surface area contributed by atoms with Gasteiger partial charge in [-0.3, -0.25) is 4.79 Å². The Bertz CT molecular complexity index is 701. The smallest absolute Gasteiger partial charge is 0.254 e. The molecular formula is C19H26N4O. The highest BCUT2D eigenvalue weighted by atomic mass is 16.1. The molecule has 1 unspecified atom stereocenters. The van der Waals surface area contributed by atoms with Crippen molar-refractivity contribution in [2.75, 3.05) is 19.6 Å². The van der Waals surface area contributed by atoms with Gasteiger partial charge in [-0.1, -0.05) is 18.2 Å². The molecule has 3 rings (SSSR count). The zero-order valence-corrected chi connectivity index (χ0v) is 14.5. The molecule has 1 saturated heterocycles. The van der Waals surface area contributed by atoms with Crippen molar-refractivity contribution in [1.29, 1.82) is 0 Å². The Morgan fingerprint density at radius 1 is 1.38 bits per heavy atom. The van der Waals surface area contributed by atoms with Crippen molar-refractivity contribution >= 4 is 5.91 Å². The van der Waals surface area contributed by atoms with Gasteiger partial charge >= 0.3 is 0 Å². The van der Waals surface area contributed by atoms with E-state index in [1.165, 1.54) is 12.8 Å². The largest absolute Gasteiger partial charge is 0.352 e. The Kier molecular flexibility index (Phi) is 5.30. The van der Waals surface area contributed by atoms with Crippen LogP contribution in [0.15, 0.2) is 30.5 Å². The number of benzene rings is 1. The molecule has 1 aliphatic heterocycles. The summed E-state index contributed by atoms with van der Waals surface area (Å²) < 4.78 is 1.84. The number of amides is 1. The van der Waals surface area contributed by atoms with Crippen LogP contribution in [0.2, 0.25) is 0 Å². The number of carbonyl (C=O) groups is 1. The minimum absolute atomic E-state index is 0.0314. The second-order valence-electron chi connectivity index (χ2n) is 6.60. The van der Waals surface area contributed by atoms with Gasteiger partial charge in [0.15, 0.2) is 0 Å². The maximum absolute atomic E-state index is 12.5. The van der Waals surface area contributed by atoms with E-state index in [-0.39, 0.29) is 5.91 Å². The third kappa shape index (κ3) is 3.67. The molecule has 128 valence electrons. The van der Waals surface area contributed by atoms with Gasteiger partial charge < -0.3 is 10.6 Å². The van der Waals surface area contributed by atoms with Gasteiger partial charge in [-0.15, -0.1) is 0 Å². The number of carbonyl (C=O) groups excluding carboxylic acids is 1. The van der Waals surface area contributed by atoms with Crippen LogP contribution in [0.1, 0.15) is 40.9 Å². The molecule has 1 aliphatic rings. The lowest BCUT2D eigenvalue weighted by Crippen LogP contribution is -2.33. The van der Waals surface area contributed by atoms with Gasteiger partial charge in [-0.25, -0.2) is 4.68 Å². The Hall–Kier alpha value is -2.14. The Labute approximate surface area is 143 Å². The summed E-state index contributed by atoms with van der Waals surface area (Å²) in [6, 6.07) is 8.06. The first-order valence-electron chi connectivity index (χ1n) is 8.76. The molecule has 5 heteroatoms. The minimum atomic E-state index is -0.0314. The average molecular weight is 326 g/mol. The molecule has 2 heterocycles. The maximum atomic E-state index is 12.5. The van der Waals surface area contributed by atoms with Crippen LogP contribution in [-0.2, 0) is 0 Å². The second-order valence-corrected chi connectivity index (χ2v) is 6.60. The third-order valence-corrected chi connectivity index (χ3v) is 4.84. The lowest BCUT2D eigenvalue weighted by atomic mass is 9.96. The van der Waals surface area contributed by atoms with Crippen molar-refractivity contribution in [3.63, 3.8) is 0 Å².